The number of benzene rings is 2. The summed E-state index contributed by atoms with van der Waals surface area (Å²) in [5.41, 5.74) is 2.42. The zero-order chi connectivity index (χ0) is 17.5. The highest BCUT2D eigenvalue weighted by molar-refractivity contribution is 5.29. The number of likely N-dealkylation sites (tertiary alicyclic amines) is 1. The minimum atomic E-state index is -0.193. The van der Waals surface area contributed by atoms with Crippen molar-refractivity contribution in [1.29, 1.82) is 0 Å². The molecule has 0 aromatic heterocycles. The van der Waals surface area contributed by atoms with Gasteiger partial charge in [-0.3, -0.25) is 0 Å². The summed E-state index contributed by atoms with van der Waals surface area (Å²) in [7, 11) is 0. The van der Waals surface area contributed by atoms with Gasteiger partial charge in [-0.05, 0) is 49.1 Å². The second-order valence-electron chi connectivity index (χ2n) is 7.04. The summed E-state index contributed by atoms with van der Waals surface area (Å²) in [4.78, 5) is 2.48. The molecule has 134 valence electrons. The number of piperidine rings is 1. The minimum absolute atomic E-state index is 0.193. The second kappa shape index (κ2) is 9.02. The van der Waals surface area contributed by atoms with Gasteiger partial charge < -0.3 is 14.7 Å². The van der Waals surface area contributed by atoms with Crippen LogP contribution in [-0.4, -0.2) is 35.7 Å². The molecule has 1 fully saturated rings. The maximum absolute atomic E-state index is 10.4. The molecule has 2 aromatic rings. The fourth-order valence-electron chi connectivity index (χ4n) is 3.62. The van der Waals surface area contributed by atoms with E-state index in [1.807, 2.05) is 24.3 Å². The number of hydrogen-bond acceptors (Lipinski definition) is 3. The number of rotatable bonds is 7. The Hall–Kier alpha value is -1.84. The molecule has 1 aliphatic heterocycles. The topological polar surface area (TPSA) is 32.7 Å². The fraction of sp³-hybridized carbons (Fsp3) is 0.455. The molecule has 3 rings (SSSR count). The van der Waals surface area contributed by atoms with Gasteiger partial charge in [0.25, 0.3) is 0 Å². The average Bonchev–Trinajstić information content (AvgIpc) is 2.64. The van der Waals surface area contributed by atoms with Crippen molar-refractivity contribution in [2.45, 2.75) is 38.9 Å². The summed E-state index contributed by atoms with van der Waals surface area (Å²) >= 11 is 0. The third-order valence-electron chi connectivity index (χ3n) is 4.96. The van der Waals surface area contributed by atoms with E-state index in [4.69, 9.17) is 4.74 Å². The summed E-state index contributed by atoms with van der Waals surface area (Å²) in [6.45, 7) is 5.94. The highest BCUT2D eigenvalue weighted by Crippen LogP contribution is 2.24. The van der Waals surface area contributed by atoms with Crippen molar-refractivity contribution in [3.63, 3.8) is 0 Å². The Kier molecular flexibility index (Phi) is 6.48. The van der Waals surface area contributed by atoms with E-state index in [0.29, 0.717) is 12.5 Å². The lowest BCUT2D eigenvalue weighted by Gasteiger charge is -2.36. The van der Waals surface area contributed by atoms with Gasteiger partial charge in [-0.15, -0.1) is 0 Å². The van der Waals surface area contributed by atoms with E-state index in [2.05, 4.69) is 42.2 Å². The second-order valence-corrected chi connectivity index (χ2v) is 7.04. The summed E-state index contributed by atoms with van der Waals surface area (Å²) in [5.74, 6) is 1.21. The van der Waals surface area contributed by atoms with E-state index < -0.39 is 0 Å². The van der Waals surface area contributed by atoms with Gasteiger partial charge in [0.15, 0.2) is 0 Å². The molecular weight excluding hydrogens is 310 g/mol. The molecule has 0 amide bonds. The third-order valence-corrected chi connectivity index (χ3v) is 4.96. The maximum Gasteiger partial charge on any atom is 0.120 e. The Bertz CT molecular complexity index is 643. The van der Waals surface area contributed by atoms with Crippen LogP contribution in [0.25, 0.3) is 0 Å². The molecular formula is C22H29NO2. The molecule has 1 heterocycles. The number of aliphatic hydroxyl groups is 1. The molecule has 3 heteroatoms. The lowest BCUT2D eigenvalue weighted by atomic mass is 9.88. The van der Waals surface area contributed by atoms with Crippen LogP contribution in [0.2, 0.25) is 0 Å². The zero-order valence-electron chi connectivity index (χ0n) is 15.1. The lowest BCUT2D eigenvalue weighted by molar-refractivity contribution is 0.0270. The van der Waals surface area contributed by atoms with E-state index in [1.54, 1.807) is 0 Å². The predicted octanol–water partition coefficient (Wildman–Crippen LogP) is 3.90. The maximum atomic E-state index is 10.4. The van der Waals surface area contributed by atoms with Crippen molar-refractivity contribution in [2.75, 3.05) is 19.6 Å². The van der Waals surface area contributed by atoms with Crippen LogP contribution in [0.15, 0.2) is 54.6 Å². The van der Waals surface area contributed by atoms with Crippen LogP contribution < -0.4 is 4.74 Å². The number of ether oxygens (including phenoxy) is 1. The number of hydrogen-bond donors (Lipinski definition) is 1. The van der Waals surface area contributed by atoms with Crippen molar-refractivity contribution in [1.82, 2.24) is 4.90 Å². The van der Waals surface area contributed by atoms with Crippen LogP contribution in [0.4, 0.5) is 0 Å². The normalized spacial score (nSPS) is 21.2. The third kappa shape index (κ3) is 5.32. The van der Waals surface area contributed by atoms with Gasteiger partial charge in [-0.25, -0.2) is 0 Å². The van der Waals surface area contributed by atoms with E-state index in [9.17, 15) is 5.11 Å². The van der Waals surface area contributed by atoms with Crippen molar-refractivity contribution >= 4 is 0 Å². The van der Waals surface area contributed by atoms with E-state index in [1.165, 1.54) is 17.5 Å². The highest BCUT2D eigenvalue weighted by atomic mass is 16.5. The smallest absolute Gasteiger partial charge is 0.120 e. The SMILES string of the molecule is CCCN1CCC(O)C(Cc2cccc(OCc3ccccc3)c2)C1. The standard InChI is InChI=1S/C22H29NO2/c1-2-12-23-13-11-22(24)20(16-23)14-19-9-6-10-21(15-19)25-17-18-7-4-3-5-8-18/h3-10,15,20,22,24H,2,11-14,16-17H2,1H3. The summed E-state index contributed by atoms with van der Waals surface area (Å²) in [6, 6.07) is 18.5. The molecule has 1 N–H and O–H groups in total. The molecule has 0 saturated carbocycles. The molecule has 3 nitrogen and oxygen atoms in total. The molecule has 2 unspecified atom stereocenters. The monoisotopic (exact) mass is 339 g/mol. The summed E-state index contributed by atoms with van der Waals surface area (Å²) < 4.78 is 5.94. The van der Waals surface area contributed by atoms with Gasteiger partial charge >= 0.3 is 0 Å². The van der Waals surface area contributed by atoms with Crippen LogP contribution >= 0.6 is 0 Å². The molecule has 0 spiro atoms. The fourth-order valence-corrected chi connectivity index (χ4v) is 3.62. The zero-order valence-corrected chi connectivity index (χ0v) is 15.1. The van der Waals surface area contributed by atoms with Crippen LogP contribution in [0, 0.1) is 5.92 Å². The molecule has 2 aromatic carbocycles. The Morgan fingerprint density at radius 2 is 1.88 bits per heavy atom. The van der Waals surface area contributed by atoms with Crippen molar-refractivity contribution < 1.29 is 9.84 Å². The van der Waals surface area contributed by atoms with Gasteiger partial charge in [0.05, 0.1) is 6.10 Å². The number of nitrogens with zero attached hydrogens (tertiary/aromatic N) is 1. The molecule has 1 aliphatic rings. The van der Waals surface area contributed by atoms with Gasteiger partial charge in [0.2, 0.25) is 0 Å². The Labute approximate surface area is 151 Å². The van der Waals surface area contributed by atoms with Crippen LogP contribution in [0.3, 0.4) is 0 Å². The quantitative estimate of drug-likeness (QED) is 0.830. The Balaban J connectivity index is 1.59. The predicted molar refractivity (Wildman–Crippen MR) is 102 cm³/mol. The van der Waals surface area contributed by atoms with Crippen molar-refractivity contribution in [3.05, 3.63) is 65.7 Å². The minimum Gasteiger partial charge on any atom is -0.489 e. The van der Waals surface area contributed by atoms with Gasteiger partial charge in [0.1, 0.15) is 12.4 Å². The largest absolute Gasteiger partial charge is 0.489 e. The number of aliphatic hydroxyl groups excluding tert-OH is 1. The van der Waals surface area contributed by atoms with E-state index in [-0.39, 0.29) is 6.10 Å². The molecule has 0 aliphatic carbocycles. The van der Waals surface area contributed by atoms with Crippen LogP contribution in [0.5, 0.6) is 5.75 Å². The average molecular weight is 339 g/mol. The first-order chi connectivity index (χ1) is 12.2. The highest BCUT2D eigenvalue weighted by Gasteiger charge is 2.27. The Morgan fingerprint density at radius 3 is 2.68 bits per heavy atom. The Morgan fingerprint density at radius 1 is 1.08 bits per heavy atom. The molecule has 2 atom stereocenters. The first-order valence-corrected chi connectivity index (χ1v) is 9.40. The lowest BCUT2D eigenvalue weighted by Crippen LogP contribution is -2.44. The van der Waals surface area contributed by atoms with Crippen LogP contribution in [0.1, 0.15) is 30.9 Å². The summed E-state index contributed by atoms with van der Waals surface area (Å²) in [5, 5.41) is 10.4. The molecule has 25 heavy (non-hydrogen) atoms. The van der Waals surface area contributed by atoms with E-state index in [0.717, 1.165) is 38.2 Å². The molecule has 0 bridgehead atoms. The first kappa shape index (κ1) is 18.0. The van der Waals surface area contributed by atoms with Crippen molar-refractivity contribution in [3.8, 4) is 5.75 Å². The summed E-state index contributed by atoms with van der Waals surface area (Å²) in [6.07, 6.45) is 2.77. The van der Waals surface area contributed by atoms with Gasteiger partial charge in [-0.2, -0.15) is 0 Å². The first-order valence-electron chi connectivity index (χ1n) is 9.40. The van der Waals surface area contributed by atoms with Crippen LogP contribution in [-0.2, 0) is 13.0 Å². The molecule has 1 saturated heterocycles. The van der Waals surface area contributed by atoms with E-state index >= 15 is 0 Å². The van der Waals surface area contributed by atoms with Gasteiger partial charge in [0, 0.05) is 19.0 Å². The molecule has 0 radical (unpaired) electrons. The van der Waals surface area contributed by atoms with Crippen molar-refractivity contribution in [2.24, 2.45) is 5.92 Å². The van der Waals surface area contributed by atoms with Gasteiger partial charge in [-0.1, -0.05) is 49.4 Å².